The summed E-state index contributed by atoms with van der Waals surface area (Å²) in [6.45, 7) is 32.7. The van der Waals surface area contributed by atoms with Gasteiger partial charge in [-0.1, -0.05) is 88.0 Å². The molecule has 0 aliphatic carbocycles. The van der Waals surface area contributed by atoms with Gasteiger partial charge in [0.15, 0.2) is 25.0 Å². The molecule has 0 radical (unpaired) electrons. The van der Waals surface area contributed by atoms with Gasteiger partial charge in [-0.25, -0.2) is 0 Å². The quantitative estimate of drug-likeness (QED) is 0.140. The van der Waals surface area contributed by atoms with Crippen LogP contribution in [0.5, 0.6) is 0 Å². The average molecular weight is 573 g/mol. The van der Waals surface area contributed by atoms with Crippen LogP contribution >= 0.6 is 0 Å². The van der Waals surface area contributed by atoms with E-state index in [-0.39, 0.29) is 28.9 Å². The van der Waals surface area contributed by atoms with Gasteiger partial charge in [-0.05, 0) is 61.3 Å². The molecule has 0 saturated heterocycles. The van der Waals surface area contributed by atoms with E-state index >= 15 is 0 Å². The summed E-state index contributed by atoms with van der Waals surface area (Å²) in [5, 5.41) is 11.0. The summed E-state index contributed by atoms with van der Waals surface area (Å²) in [5.74, 6) is 6.85. The first kappa shape index (κ1) is 37.1. The molecular weight excluding hydrogens is 509 g/mol. The van der Waals surface area contributed by atoms with Gasteiger partial charge < -0.3 is 18.4 Å². The van der Waals surface area contributed by atoms with E-state index in [4.69, 9.17) is 13.3 Å². The monoisotopic (exact) mass is 572 g/mol. The number of rotatable bonds is 17. The molecule has 0 fully saturated rings. The van der Waals surface area contributed by atoms with Crippen LogP contribution in [-0.4, -0.2) is 55.5 Å². The number of hydrogen-bond acceptors (Lipinski definition) is 4. The van der Waals surface area contributed by atoms with E-state index in [0.717, 1.165) is 42.9 Å². The SMILES string of the molecule is CC[Si](CC)(CC)OC[C@H](C)[C@@H](O[Si](CC)(CC)CC)[C@@H](C)C#C[C@H](O)[C@@H](C)CO[Si](C)(C)C(C)(C)C. The minimum absolute atomic E-state index is 0.0160. The number of aliphatic hydroxyl groups excluding tert-OH is 1. The molecule has 0 amide bonds. The second-order valence-electron chi connectivity index (χ2n) is 12.9. The Labute approximate surface area is 235 Å². The summed E-state index contributed by atoms with van der Waals surface area (Å²) in [4.78, 5) is 0. The van der Waals surface area contributed by atoms with Crippen LogP contribution in [0.4, 0.5) is 0 Å². The fourth-order valence-corrected chi connectivity index (χ4v) is 11.4. The zero-order valence-corrected chi connectivity index (χ0v) is 30.2. The Balaban J connectivity index is 5.70. The van der Waals surface area contributed by atoms with Crippen molar-refractivity contribution < 1.29 is 18.4 Å². The molecule has 0 aromatic carbocycles. The highest BCUT2D eigenvalue weighted by molar-refractivity contribution is 6.74. The molecule has 37 heavy (non-hydrogen) atoms. The Hall–Kier alpha value is 0.0506. The van der Waals surface area contributed by atoms with Gasteiger partial charge in [0.1, 0.15) is 6.10 Å². The van der Waals surface area contributed by atoms with Crippen molar-refractivity contribution in [1.82, 2.24) is 0 Å². The van der Waals surface area contributed by atoms with Gasteiger partial charge in [-0.15, -0.1) is 0 Å². The van der Waals surface area contributed by atoms with Crippen molar-refractivity contribution >= 4 is 25.0 Å². The molecule has 0 bridgehead atoms. The molecule has 0 saturated carbocycles. The van der Waals surface area contributed by atoms with Crippen molar-refractivity contribution in [2.45, 2.75) is 150 Å². The van der Waals surface area contributed by atoms with Gasteiger partial charge in [0.2, 0.25) is 0 Å². The molecule has 5 atom stereocenters. The van der Waals surface area contributed by atoms with E-state index in [0.29, 0.717) is 6.61 Å². The van der Waals surface area contributed by atoms with Gasteiger partial charge in [0, 0.05) is 31.0 Å². The maximum atomic E-state index is 10.9. The lowest BCUT2D eigenvalue weighted by molar-refractivity contribution is 0.0679. The first-order valence-electron chi connectivity index (χ1n) is 15.2. The smallest absolute Gasteiger partial charge is 0.192 e. The third-order valence-corrected chi connectivity index (χ3v) is 23.3. The fraction of sp³-hybridized carbons (Fsp3) is 0.933. The van der Waals surface area contributed by atoms with Crippen molar-refractivity contribution in [3.05, 3.63) is 0 Å². The minimum atomic E-state index is -1.85. The number of aliphatic hydroxyl groups is 1. The van der Waals surface area contributed by atoms with Crippen molar-refractivity contribution in [2.75, 3.05) is 13.2 Å². The van der Waals surface area contributed by atoms with Gasteiger partial charge in [0.05, 0.1) is 6.10 Å². The van der Waals surface area contributed by atoms with Crippen LogP contribution in [0.2, 0.25) is 54.4 Å². The van der Waals surface area contributed by atoms with Crippen LogP contribution in [0, 0.1) is 29.6 Å². The summed E-state index contributed by atoms with van der Waals surface area (Å²) >= 11 is 0. The van der Waals surface area contributed by atoms with E-state index in [2.05, 4.69) is 101 Å². The van der Waals surface area contributed by atoms with E-state index in [1.165, 1.54) is 0 Å². The van der Waals surface area contributed by atoms with Gasteiger partial charge in [-0.3, -0.25) is 0 Å². The molecule has 4 nitrogen and oxygen atoms in total. The molecule has 0 aromatic heterocycles. The Bertz CT molecular complexity index is 671. The van der Waals surface area contributed by atoms with E-state index in [9.17, 15) is 5.11 Å². The highest BCUT2D eigenvalue weighted by Gasteiger charge is 2.39. The van der Waals surface area contributed by atoms with Gasteiger partial charge >= 0.3 is 0 Å². The molecule has 0 aliphatic heterocycles. The Morgan fingerprint density at radius 1 is 0.676 bits per heavy atom. The van der Waals surface area contributed by atoms with Crippen molar-refractivity contribution in [1.29, 1.82) is 0 Å². The molecule has 7 heteroatoms. The fourth-order valence-electron chi connectivity index (χ4n) is 4.55. The standard InChI is InChI=1S/C30H64O4Si3/c1-15-36(16-2,17-3)33-24-27(9)29(34-37(18-4,19-5)20-6)25(7)21-22-28(31)26(8)23-32-35(13,14)30(10,11)12/h25-29,31H,15-20,23-24H2,1-14H3/t25-,26-,27-,28-,29-/m0/s1. The predicted octanol–water partition coefficient (Wildman–Crippen LogP) is 8.69. The van der Waals surface area contributed by atoms with Gasteiger partial charge in [-0.2, -0.15) is 0 Å². The first-order chi connectivity index (χ1) is 17.0. The summed E-state index contributed by atoms with van der Waals surface area (Å²) in [7, 11) is -5.34. The van der Waals surface area contributed by atoms with Crippen molar-refractivity contribution in [2.24, 2.45) is 17.8 Å². The van der Waals surface area contributed by atoms with Crippen LogP contribution in [0.3, 0.4) is 0 Å². The lowest BCUT2D eigenvalue weighted by atomic mass is 9.94. The van der Waals surface area contributed by atoms with E-state index in [1.807, 2.05) is 6.92 Å². The Morgan fingerprint density at radius 3 is 1.51 bits per heavy atom. The van der Waals surface area contributed by atoms with E-state index < -0.39 is 31.1 Å². The molecule has 0 unspecified atom stereocenters. The highest BCUT2D eigenvalue weighted by atomic mass is 28.4. The van der Waals surface area contributed by atoms with Crippen molar-refractivity contribution in [3.63, 3.8) is 0 Å². The van der Waals surface area contributed by atoms with Gasteiger partial charge in [0.25, 0.3) is 0 Å². The molecule has 220 valence electrons. The largest absolute Gasteiger partial charge is 0.416 e. The third kappa shape index (κ3) is 11.2. The molecule has 1 N–H and O–H groups in total. The minimum Gasteiger partial charge on any atom is -0.416 e. The second kappa shape index (κ2) is 16.3. The molecule has 0 aliphatic rings. The molecule has 0 heterocycles. The average Bonchev–Trinajstić information content (AvgIpc) is 2.87. The van der Waals surface area contributed by atoms with Crippen LogP contribution < -0.4 is 0 Å². The topological polar surface area (TPSA) is 47.9 Å². The zero-order chi connectivity index (χ0) is 29.1. The first-order valence-corrected chi connectivity index (χ1v) is 23.1. The van der Waals surface area contributed by atoms with E-state index in [1.54, 1.807) is 0 Å². The Kier molecular flexibility index (Phi) is 16.4. The molecule has 0 rings (SSSR count). The summed E-state index contributed by atoms with van der Waals surface area (Å²) in [6.07, 6.45) is -0.687. The Morgan fingerprint density at radius 2 is 1.11 bits per heavy atom. The molecule has 0 spiro atoms. The predicted molar refractivity (Wildman–Crippen MR) is 170 cm³/mol. The van der Waals surface area contributed by atoms with Crippen molar-refractivity contribution in [3.8, 4) is 11.8 Å². The van der Waals surface area contributed by atoms with Crippen LogP contribution in [-0.2, 0) is 13.3 Å². The normalized spacial score (nSPS) is 17.5. The summed E-state index contributed by atoms with van der Waals surface area (Å²) < 4.78 is 20.1. The highest BCUT2D eigenvalue weighted by Crippen LogP contribution is 2.37. The molecule has 0 aromatic rings. The van der Waals surface area contributed by atoms with Crippen LogP contribution in [0.15, 0.2) is 0 Å². The summed E-state index contributed by atoms with van der Waals surface area (Å²) in [5.41, 5.74) is 0. The van der Waals surface area contributed by atoms with Crippen LogP contribution in [0.25, 0.3) is 0 Å². The third-order valence-electron chi connectivity index (χ3n) is 9.47. The zero-order valence-electron chi connectivity index (χ0n) is 27.2. The molecular formula is C30H64O4Si3. The maximum absolute atomic E-state index is 10.9. The maximum Gasteiger partial charge on any atom is 0.192 e. The lowest BCUT2D eigenvalue weighted by Crippen LogP contribution is -2.46. The second-order valence-corrected chi connectivity index (χ2v) is 27.2. The number of hydrogen-bond donors (Lipinski definition) is 1. The lowest BCUT2D eigenvalue weighted by Gasteiger charge is -2.39. The summed E-state index contributed by atoms with van der Waals surface area (Å²) in [6, 6.07) is 6.83. The van der Waals surface area contributed by atoms with Crippen LogP contribution in [0.1, 0.15) is 83.1 Å².